The first-order valence-corrected chi connectivity index (χ1v) is 6.28. The Morgan fingerprint density at radius 2 is 1.82 bits per heavy atom. The molecule has 0 heterocycles. The molecule has 0 unspecified atom stereocenters. The molecule has 1 aromatic rings. The van der Waals surface area contributed by atoms with Gasteiger partial charge in [-0.2, -0.15) is 0 Å². The minimum atomic E-state index is -0.168. The van der Waals surface area contributed by atoms with E-state index in [1.807, 2.05) is 0 Å². The molecule has 1 saturated carbocycles. The van der Waals surface area contributed by atoms with E-state index in [4.69, 9.17) is 28.9 Å². The third kappa shape index (κ3) is 3.19. The second-order valence-electron chi connectivity index (χ2n) is 4.40. The molecule has 17 heavy (non-hydrogen) atoms. The molecule has 0 spiro atoms. The molecule has 1 atom stereocenters. The molecule has 0 amide bonds. The fraction of sp³-hybridized carbons (Fsp3) is 0.500. The summed E-state index contributed by atoms with van der Waals surface area (Å²) in [6, 6.07) is 3.08. The Morgan fingerprint density at radius 1 is 1.24 bits per heavy atom. The molecule has 0 saturated heterocycles. The van der Waals surface area contributed by atoms with Crippen molar-refractivity contribution in [1.29, 1.82) is 0 Å². The van der Waals surface area contributed by atoms with E-state index in [1.165, 1.54) is 18.9 Å². The summed E-state index contributed by atoms with van der Waals surface area (Å²) in [6.45, 7) is 0. The summed E-state index contributed by atoms with van der Waals surface area (Å²) >= 11 is 11.8. The zero-order valence-corrected chi connectivity index (χ0v) is 11.7. The van der Waals surface area contributed by atoms with Gasteiger partial charge in [0, 0.05) is 16.6 Å². The standard InChI is InChI=1S/C12H15Cl2NO.ClH/c13-8-5-9(12(16)10(14)6-8)11(15)7-3-1-2-4-7;/h5-7,11,16H,1-4,15H2;1H/t11-;/m0./s1. The summed E-state index contributed by atoms with van der Waals surface area (Å²) in [5.41, 5.74) is 6.83. The lowest BCUT2D eigenvalue weighted by molar-refractivity contribution is 0.412. The Morgan fingerprint density at radius 3 is 2.41 bits per heavy atom. The van der Waals surface area contributed by atoms with Crippen LogP contribution in [0.15, 0.2) is 12.1 Å². The number of rotatable bonds is 2. The number of hydrogen-bond acceptors (Lipinski definition) is 2. The van der Waals surface area contributed by atoms with E-state index in [9.17, 15) is 5.11 Å². The molecule has 0 aromatic heterocycles. The highest BCUT2D eigenvalue weighted by Crippen LogP contribution is 2.40. The van der Waals surface area contributed by atoms with Gasteiger partial charge in [-0.05, 0) is 30.9 Å². The van der Waals surface area contributed by atoms with Gasteiger partial charge in [-0.1, -0.05) is 36.0 Å². The molecular weight excluding hydrogens is 280 g/mol. The maximum atomic E-state index is 9.88. The number of phenolic OH excluding ortho intramolecular Hbond substituents is 1. The van der Waals surface area contributed by atoms with E-state index in [2.05, 4.69) is 0 Å². The number of benzene rings is 1. The summed E-state index contributed by atoms with van der Waals surface area (Å²) in [5, 5.41) is 10.7. The highest BCUT2D eigenvalue weighted by molar-refractivity contribution is 6.35. The fourth-order valence-electron chi connectivity index (χ4n) is 2.41. The van der Waals surface area contributed by atoms with Crippen LogP contribution in [0.1, 0.15) is 37.3 Å². The maximum absolute atomic E-state index is 9.88. The molecule has 96 valence electrons. The average Bonchev–Trinajstić information content (AvgIpc) is 2.75. The molecular formula is C12H16Cl3NO. The third-order valence-electron chi connectivity index (χ3n) is 3.32. The highest BCUT2D eigenvalue weighted by atomic mass is 35.5. The summed E-state index contributed by atoms with van der Waals surface area (Å²) in [7, 11) is 0. The predicted octanol–water partition coefficient (Wildman–Crippen LogP) is 4.31. The topological polar surface area (TPSA) is 46.2 Å². The van der Waals surface area contributed by atoms with Gasteiger partial charge in [-0.15, -0.1) is 12.4 Å². The Kier molecular flexibility index (Phi) is 5.39. The van der Waals surface area contributed by atoms with Crippen molar-refractivity contribution in [2.45, 2.75) is 31.7 Å². The molecule has 2 rings (SSSR count). The van der Waals surface area contributed by atoms with Crippen molar-refractivity contribution in [2.75, 3.05) is 0 Å². The van der Waals surface area contributed by atoms with Gasteiger partial charge < -0.3 is 10.8 Å². The van der Waals surface area contributed by atoms with Gasteiger partial charge in [-0.3, -0.25) is 0 Å². The average molecular weight is 297 g/mol. The number of phenols is 1. The Labute approximate surface area is 118 Å². The second-order valence-corrected chi connectivity index (χ2v) is 5.24. The smallest absolute Gasteiger partial charge is 0.139 e. The van der Waals surface area contributed by atoms with Crippen molar-refractivity contribution >= 4 is 35.6 Å². The van der Waals surface area contributed by atoms with Crippen molar-refractivity contribution in [1.82, 2.24) is 0 Å². The minimum absolute atomic E-state index is 0. The van der Waals surface area contributed by atoms with Crippen molar-refractivity contribution in [3.05, 3.63) is 27.7 Å². The SMILES string of the molecule is Cl.N[C@H](c1cc(Cl)cc(Cl)c1O)C1CCCC1. The lowest BCUT2D eigenvalue weighted by Crippen LogP contribution is -2.19. The van der Waals surface area contributed by atoms with E-state index in [0.717, 1.165) is 12.8 Å². The first-order chi connectivity index (χ1) is 7.59. The van der Waals surface area contributed by atoms with Crippen molar-refractivity contribution < 1.29 is 5.11 Å². The first-order valence-electron chi connectivity index (χ1n) is 5.53. The third-order valence-corrected chi connectivity index (χ3v) is 3.83. The van der Waals surface area contributed by atoms with E-state index in [1.54, 1.807) is 6.07 Å². The van der Waals surface area contributed by atoms with Gasteiger partial charge in [0.25, 0.3) is 0 Å². The van der Waals surface area contributed by atoms with Crippen molar-refractivity contribution in [2.24, 2.45) is 11.7 Å². The summed E-state index contributed by atoms with van der Waals surface area (Å²) in [4.78, 5) is 0. The van der Waals surface area contributed by atoms with Crippen LogP contribution in [0.3, 0.4) is 0 Å². The quantitative estimate of drug-likeness (QED) is 0.854. The van der Waals surface area contributed by atoms with E-state index in [-0.39, 0.29) is 29.2 Å². The molecule has 1 fully saturated rings. The van der Waals surface area contributed by atoms with Crippen LogP contribution in [0.5, 0.6) is 5.75 Å². The van der Waals surface area contributed by atoms with Crippen LogP contribution in [-0.2, 0) is 0 Å². The fourth-order valence-corrected chi connectivity index (χ4v) is 2.92. The van der Waals surface area contributed by atoms with E-state index < -0.39 is 0 Å². The molecule has 1 aliphatic carbocycles. The van der Waals surface area contributed by atoms with Crippen molar-refractivity contribution in [3.8, 4) is 5.75 Å². The van der Waals surface area contributed by atoms with Crippen LogP contribution in [0.4, 0.5) is 0 Å². The van der Waals surface area contributed by atoms with E-state index >= 15 is 0 Å². The molecule has 1 aliphatic rings. The molecule has 0 bridgehead atoms. The molecule has 0 radical (unpaired) electrons. The Hall–Kier alpha value is -0.150. The zero-order valence-electron chi connectivity index (χ0n) is 9.33. The second kappa shape index (κ2) is 6.14. The van der Waals surface area contributed by atoms with Gasteiger partial charge >= 0.3 is 0 Å². The van der Waals surface area contributed by atoms with Gasteiger partial charge in [0.1, 0.15) is 5.75 Å². The molecule has 1 aromatic carbocycles. The maximum Gasteiger partial charge on any atom is 0.139 e. The van der Waals surface area contributed by atoms with E-state index in [0.29, 0.717) is 16.5 Å². The molecule has 3 N–H and O–H groups in total. The highest BCUT2D eigenvalue weighted by Gasteiger charge is 2.26. The Bertz CT molecular complexity index is 392. The van der Waals surface area contributed by atoms with Crippen LogP contribution >= 0.6 is 35.6 Å². The van der Waals surface area contributed by atoms with Crippen LogP contribution in [0.25, 0.3) is 0 Å². The zero-order chi connectivity index (χ0) is 11.7. The first kappa shape index (κ1) is 14.9. The molecule has 2 nitrogen and oxygen atoms in total. The lowest BCUT2D eigenvalue weighted by Gasteiger charge is -2.20. The summed E-state index contributed by atoms with van der Waals surface area (Å²) in [5.74, 6) is 0.505. The van der Waals surface area contributed by atoms with Gasteiger partial charge in [0.2, 0.25) is 0 Å². The molecule has 5 heteroatoms. The lowest BCUT2D eigenvalue weighted by atomic mass is 9.92. The minimum Gasteiger partial charge on any atom is -0.506 e. The van der Waals surface area contributed by atoms with Gasteiger partial charge in [0.15, 0.2) is 0 Å². The number of halogens is 3. The van der Waals surface area contributed by atoms with Crippen LogP contribution in [0, 0.1) is 5.92 Å². The van der Waals surface area contributed by atoms with Crippen LogP contribution < -0.4 is 5.73 Å². The van der Waals surface area contributed by atoms with Crippen LogP contribution in [0.2, 0.25) is 10.0 Å². The number of nitrogens with two attached hydrogens (primary N) is 1. The predicted molar refractivity (Wildman–Crippen MR) is 74.3 cm³/mol. The van der Waals surface area contributed by atoms with Gasteiger partial charge in [-0.25, -0.2) is 0 Å². The normalized spacial score (nSPS) is 17.8. The van der Waals surface area contributed by atoms with Gasteiger partial charge in [0.05, 0.1) is 5.02 Å². The number of aromatic hydroxyl groups is 1. The largest absolute Gasteiger partial charge is 0.506 e. The molecule has 0 aliphatic heterocycles. The summed E-state index contributed by atoms with van der Waals surface area (Å²) in [6.07, 6.45) is 4.66. The van der Waals surface area contributed by atoms with Crippen LogP contribution in [-0.4, -0.2) is 5.11 Å². The summed E-state index contributed by atoms with van der Waals surface area (Å²) < 4.78 is 0. The monoisotopic (exact) mass is 295 g/mol. The number of hydrogen-bond donors (Lipinski definition) is 2. The van der Waals surface area contributed by atoms with Crippen molar-refractivity contribution in [3.63, 3.8) is 0 Å². The Balaban J connectivity index is 0.00000144.